The third-order valence-corrected chi connectivity index (χ3v) is 4.41. The second-order valence-corrected chi connectivity index (χ2v) is 7.19. The Morgan fingerprint density at radius 1 is 0.917 bits per heavy atom. The van der Waals surface area contributed by atoms with E-state index in [1.54, 1.807) is 6.20 Å². The summed E-state index contributed by atoms with van der Waals surface area (Å²) >= 11 is 0. The molecule has 3 aromatic rings. The summed E-state index contributed by atoms with van der Waals surface area (Å²) in [6.07, 6.45) is 2.65. The van der Waals surface area contributed by atoms with Crippen LogP contribution in [0, 0.1) is 0 Å². The average molecular weight is 316 g/mol. The van der Waals surface area contributed by atoms with Crippen LogP contribution >= 0.6 is 0 Å². The molecule has 1 heterocycles. The molecule has 0 saturated heterocycles. The predicted molar refractivity (Wildman–Crippen MR) is 95.5 cm³/mol. The minimum atomic E-state index is -0.0318. The topological polar surface area (TPSA) is 35.0 Å². The largest absolute Gasteiger partial charge is 0.424 e. The Balaban J connectivity index is 1.71. The molecule has 0 spiro atoms. The first-order chi connectivity index (χ1) is 11.5. The molecule has 3 nitrogen and oxygen atoms in total. The molecule has 1 aliphatic rings. The molecular weight excluding hydrogens is 296 g/mol. The van der Waals surface area contributed by atoms with Crippen molar-refractivity contribution in [1.29, 1.82) is 0 Å². The molecule has 0 radical (unpaired) electrons. The molecule has 0 amide bonds. The molecular formula is C21H20N2O. The zero-order chi connectivity index (χ0) is 16.7. The lowest BCUT2D eigenvalue weighted by Crippen LogP contribution is -2.14. The van der Waals surface area contributed by atoms with E-state index >= 15 is 0 Å². The molecule has 0 aliphatic heterocycles. The Labute approximate surface area is 142 Å². The zero-order valence-corrected chi connectivity index (χ0v) is 14.2. The van der Waals surface area contributed by atoms with Crippen molar-refractivity contribution in [2.45, 2.75) is 32.6 Å². The summed E-state index contributed by atoms with van der Waals surface area (Å²) in [7, 11) is 0. The van der Waals surface area contributed by atoms with E-state index in [0.29, 0.717) is 6.01 Å². The van der Waals surface area contributed by atoms with E-state index in [0.717, 1.165) is 17.9 Å². The molecule has 24 heavy (non-hydrogen) atoms. The van der Waals surface area contributed by atoms with E-state index in [2.05, 4.69) is 61.1 Å². The molecule has 3 heteroatoms. The summed E-state index contributed by atoms with van der Waals surface area (Å²) in [6, 6.07) is 17.0. The van der Waals surface area contributed by atoms with Gasteiger partial charge in [-0.15, -0.1) is 0 Å². The van der Waals surface area contributed by atoms with Gasteiger partial charge in [0.25, 0.3) is 0 Å². The summed E-state index contributed by atoms with van der Waals surface area (Å²) < 4.78 is 6.07. The van der Waals surface area contributed by atoms with E-state index < -0.39 is 0 Å². The molecule has 0 unspecified atom stereocenters. The maximum absolute atomic E-state index is 6.07. The second kappa shape index (κ2) is 5.45. The van der Waals surface area contributed by atoms with Crippen LogP contribution in [-0.2, 0) is 11.8 Å². The van der Waals surface area contributed by atoms with Crippen molar-refractivity contribution in [3.63, 3.8) is 0 Å². The lowest BCUT2D eigenvalue weighted by Gasteiger charge is -2.18. The standard InChI is InChI=1S/C21H20N2O/c1-21(2,3)19-11-12-22-20(23-19)24-18-10-6-9-16-15-8-5-4-7-14(15)13-17(16)18/h4-12H,13H2,1-3H3. The van der Waals surface area contributed by atoms with Crippen LogP contribution < -0.4 is 4.74 Å². The van der Waals surface area contributed by atoms with Crippen LogP contribution in [0.3, 0.4) is 0 Å². The first kappa shape index (κ1) is 14.9. The Morgan fingerprint density at radius 3 is 2.54 bits per heavy atom. The first-order valence-corrected chi connectivity index (χ1v) is 8.24. The number of hydrogen-bond donors (Lipinski definition) is 0. The van der Waals surface area contributed by atoms with Crippen LogP contribution in [0.25, 0.3) is 11.1 Å². The van der Waals surface area contributed by atoms with Gasteiger partial charge < -0.3 is 4.74 Å². The summed E-state index contributed by atoms with van der Waals surface area (Å²) in [5.74, 6) is 0.842. The molecule has 0 bridgehead atoms. The molecule has 120 valence electrons. The van der Waals surface area contributed by atoms with Crippen molar-refractivity contribution in [3.05, 3.63) is 71.5 Å². The van der Waals surface area contributed by atoms with Crippen LogP contribution in [-0.4, -0.2) is 9.97 Å². The van der Waals surface area contributed by atoms with Gasteiger partial charge in [-0.05, 0) is 28.8 Å². The van der Waals surface area contributed by atoms with Gasteiger partial charge in [0.2, 0.25) is 0 Å². The Hall–Kier alpha value is -2.68. The van der Waals surface area contributed by atoms with Crippen LogP contribution in [0.2, 0.25) is 0 Å². The number of rotatable bonds is 2. The smallest absolute Gasteiger partial charge is 0.322 e. The van der Waals surface area contributed by atoms with Gasteiger partial charge >= 0.3 is 6.01 Å². The van der Waals surface area contributed by atoms with Gasteiger partial charge in [-0.2, -0.15) is 4.98 Å². The number of ether oxygens (including phenoxy) is 1. The molecule has 0 N–H and O–H groups in total. The molecule has 1 aliphatic carbocycles. The minimum absolute atomic E-state index is 0.0318. The molecule has 4 rings (SSSR count). The van der Waals surface area contributed by atoms with Gasteiger partial charge in [-0.3, -0.25) is 0 Å². The van der Waals surface area contributed by atoms with Crippen molar-refractivity contribution >= 4 is 0 Å². The summed E-state index contributed by atoms with van der Waals surface area (Å²) in [5, 5.41) is 0. The lowest BCUT2D eigenvalue weighted by molar-refractivity contribution is 0.428. The van der Waals surface area contributed by atoms with Crippen LogP contribution in [0.5, 0.6) is 11.8 Å². The maximum atomic E-state index is 6.07. The van der Waals surface area contributed by atoms with Gasteiger partial charge in [0.1, 0.15) is 5.75 Å². The van der Waals surface area contributed by atoms with Crippen LogP contribution in [0.15, 0.2) is 54.7 Å². The van der Waals surface area contributed by atoms with Crippen molar-refractivity contribution in [1.82, 2.24) is 9.97 Å². The van der Waals surface area contributed by atoms with E-state index in [4.69, 9.17) is 4.74 Å². The normalized spacial score (nSPS) is 12.6. The fourth-order valence-electron chi connectivity index (χ4n) is 3.13. The number of hydrogen-bond acceptors (Lipinski definition) is 3. The molecule has 1 aromatic heterocycles. The highest BCUT2D eigenvalue weighted by Crippen LogP contribution is 2.41. The monoisotopic (exact) mass is 316 g/mol. The molecule has 0 fully saturated rings. The molecule has 0 atom stereocenters. The Morgan fingerprint density at radius 2 is 1.71 bits per heavy atom. The highest BCUT2D eigenvalue weighted by molar-refractivity contribution is 5.79. The SMILES string of the molecule is CC(C)(C)c1ccnc(Oc2cccc3c2Cc2ccccc2-3)n1. The number of aromatic nitrogens is 2. The quantitative estimate of drug-likeness (QED) is 0.514. The van der Waals surface area contributed by atoms with Crippen molar-refractivity contribution < 1.29 is 4.74 Å². The van der Waals surface area contributed by atoms with Gasteiger partial charge in [0.15, 0.2) is 0 Å². The summed E-state index contributed by atoms with van der Waals surface area (Å²) in [6.45, 7) is 6.40. The minimum Gasteiger partial charge on any atom is -0.424 e. The van der Waals surface area contributed by atoms with Gasteiger partial charge in [-0.25, -0.2) is 4.98 Å². The van der Waals surface area contributed by atoms with Crippen molar-refractivity contribution in [3.8, 4) is 22.9 Å². The summed E-state index contributed by atoms with van der Waals surface area (Å²) in [4.78, 5) is 8.87. The zero-order valence-electron chi connectivity index (χ0n) is 14.2. The van der Waals surface area contributed by atoms with Gasteiger partial charge in [0, 0.05) is 23.6 Å². The second-order valence-electron chi connectivity index (χ2n) is 7.19. The Kier molecular flexibility index (Phi) is 3.38. The fraction of sp³-hybridized carbons (Fsp3) is 0.238. The van der Waals surface area contributed by atoms with E-state index in [-0.39, 0.29) is 5.41 Å². The predicted octanol–water partition coefficient (Wildman–Crippen LogP) is 5.14. The summed E-state index contributed by atoms with van der Waals surface area (Å²) in [5.41, 5.74) is 6.03. The Bertz CT molecular complexity index is 910. The molecule has 0 saturated carbocycles. The third-order valence-electron chi connectivity index (χ3n) is 4.41. The van der Waals surface area contributed by atoms with Crippen LogP contribution in [0.4, 0.5) is 0 Å². The van der Waals surface area contributed by atoms with E-state index in [9.17, 15) is 0 Å². The van der Waals surface area contributed by atoms with Gasteiger partial charge in [-0.1, -0.05) is 57.2 Å². The van der Waals surface area contributed by atoms with E-state index in [1.807, 2.05) is 18.2 Å². The van der Waals surface area contributed by atoms with Gasteiger partial charge in [0.05, 0.1) is 5.69 Å². The highest BCUT2D eigenvalue weighted by atomic mass is 16.5. The third kappa shape index (κ3) is 2.56. The van der Waals surface area contributed by atoms with Crippen LogP contribution in [0.1, 0.15) is 37.6 Å². The number of fused-ring (bicyclic) bond motifs is 3. The fourth-order valence-corrected chi connectivity index (χ4v) is 3.13. The first-order valence-electron chi connectivity index (χ1n) is 8.24. The average Bonchev–Trinajstić information content (AvgIpc) is 2.94. The highest BCUT2D eigenvalue weighted by Gasteiger charge is 2.22. The van der Waals surface area contributed by atoms with Crippen molar-refractivity contribution in [2.24, 2.45) is 0 Å². The molecule has 2 aromatic carbocycles. The number of benzene rings is 2. The number of nitrogens with zero attached hydrogens (tertiary/aromatic N) is 2. The maximum Gasteiger partial charge on any atom is 0.322 e. The van der Waals surface area contributed by atoms with E-state index in [1.165, 1.54) is 22.3 Å². The lowest BCUT2D eigenvalue weighted by atomic mass is 9.92. The van der Waals surface area contributed by atoms with Crippen molar-refractivity contribution in [2.75, 3.05) is 0 Å².